The lowest BCUT2D eigenvalue weighted by molar-refractivity contribution is -0.117. The molecule has 28 heavy (non-hydrogen) atoms. The van der Waals surface area contributed by atoms with Gasteiger partial charge >= 0.3 is 0 Å². The number of nitrogens with one attached hydrogen (secondary N) is 1. The van der Waals surface area contributed by atoms with Crippen LogP contribution in [-0.2, 0) is 24.7 Å². The number of oxazole rings is 1. The van der Waals surface area contributed by atoms with E-state index in [-0.39, 0.29) is 5.91 Å². The number of imidazole rings is 1. The molecule has 9 heteroatoms. The van der Waals surface area contributed by atoms with Crippen molar-refractivity contribution in [3.05, 3.63) is 47.1 Å². The Balaban J connectivity index is 1.54. The number of nitrogens with zero attached hydrogens (tertiary/aromatic N) is 4. The smallest absolute Gasteiger partial charge is 0.243 e. The van der Waals surface area contributed by atoms with E-state index in [2.05, 4.69) is 34.1 Å². The maximum atomic E-state index is 12.3. The molecule has 3 rings (SSSR count). The first kappa shape index (κ1) is 20.0. The predicted octanol–water partition coefficient (Wildman–Crippen LogP) is 2.74. The van der Waals surface area contributed by atoms with E-state index in [4.69, 9.17) is 10.2 Å². The summed E-state index contributed by atoms with van der Waals surface area (Å²) in [4.78, 5) is 25.8. The zero-order chi connectivity index (χ0) is 20.1. The molecule has 148 valence electrons. The van der Waals surface area contributed by atoms with Gasteiger partial charge in [0.15, 0.2) is 5.13 Å². The van der Waals surface area contributed by atoms with Crippen LogP contribution in [0.25, 0.3) is 12.2 Å². The van der Waals surface area contributed by atoms with Crippen molar-refractivity contribution in [2.45, 2.75) is 32.7 Å². The molecule has 0 fully saturated rings. The Labute approximate surface area is 167 Å². The van der Waals surface area contributed by atoms with Crippen LogP contribution in [0.2, 0.25) is 0 Å². The molecule has 0 saturated carbocycles. The number of anilines is 1. The second-order valence-electron chi connectivity index (χ2n) is 6.99. The summed E-state index contributed by atoms with van der Waals surface area (Å²) in [5.41, 5.74) is 6.74. The summed E-state index contributed by atoms with van der Waals surface area (Å²) in [6.07, 6.45) is 11.8. The van der Waals surface area contributed by atoms with Crippen molar-refractivity contribution in [2.75, 3.05) is 5.32 Å². The highest BCUT2D eigenvalue weighted by atomic mass is 32.1. The summed E-state index contributed by atoms with van der Waals surface area (Å²) < 4.78 is 7.49. The molecule has 1 unspecified atom stereocenters. The number of rotatable bonds is 8. The fourth-order valence-electron chi connectivity index (χ4n) is 2.56. The van der Waals surface area contributed by atoms with Gasteiger partial charge in [0, 0.05) is 43.2 Å². The van der Waals surface area contributed by atoms with Gasteiger partial charge in [-0.1, -0.05) is 25.2 Å². The lowest BCUT2D eigenvalue weighted by atomic mass is 10.1. The molecular weight excluding hydrogens is 376 g/mol. The molecule has 0 aromatic carbocycles. The summed E-state index contributed by atoms with van der Waals surface area (Å²) in [6.45, 7) is 4.26. The standard InChI is InChI=1S/C19H24N6O2S/c1-12(2)6-14-8-21-17(27-14)5-4-15-9-22-19(28-15)24-18(26)16(20)7-13-10-25(3)11-23-13/h4-5,8-12,16H,6-7,20H2,1-3H3,(H,22,24,26)/b5-4+. The Morgan fingerprint density at radius 1 is 1.29 bits per heavy atom. The van der Waals surface area contributed by atoms with E-state index in [1.165, 1.54) is 11.3 Å². The summed E-state index contributed by atoms with van der Waals surface area (Å²) >= 11 is 1.35. The zero-order valence-electron chi connectivity index (χ0n) is 16.1. The van der Waals surface area contributed by atoms with Crippen LogP contribution >= 0.6 is 11.3 Å². The van der Waals surface area contributed by atoms with Crippen LogP contribution in [0, 0.1) is 5.92 Å². The highest BCUT2D eigenvalue weighted by molar-refractivity contribution is 7.16. The summed E-state index contributed by atoms with van der Waals surface area (Å²) in [5.74, 6) is 1.64. The Morgan fingerprint density at radius 2 is 2.11 bits per heavy atom. The van der Waals surface area contributed by atoms with Crippen molar-refractivity contribution in [1.29, 1.82) is 0 Å². The van der Waals surface area contributed by atoms with Gasteiger partial charge in [0.2, 0.25) is 11.8 Å². The number of thiazole rings is 1. The highest BCUT2D eigenvalue weighted by Crippen LogP contribution is 2.21. The van der Waals surface area contributed by atoms with Gasteiger partial charge in [-0.25, -0.2) is 15.0 Å². The Kier molecular flexibility index (Phi) is 6.37. The van der Waals surface area contributed by atoms with E-state index in [1.54, 1.807) is 24.8 Å². The van der Waals surface area contributed by atoms with E-state index in [9.17, 15) is 4.79 Å². The Hall–Kier alpha value is -2.78. The van der Waals surface area contributed by atoms with Gasteiger partial charge in [0.05, 0.1) is 24.3 Å². The van der Waals surface area contributed by atoms with Crippen LogP contribution in [0.3, 0.4) is 0 Å². The van der Waals surface area contributed by atoms with Crippen LogP contribution in [0.4, 0.5) is 5.13 Å². The number of hydrogen-bond acceptors (Lipinski definition) is 7. The third kappa shape index (κ3) is 5.61. The normalized spacial score (nSPS) is 12.8. The second kappa shape index (κ2) is 8.94. The van der Waals surface area contributed by atoms with Gasteiger partial charge in [-0.15, -0.1) is 0 Å². The predicted molar refractivity (Wildman–Crippen MR) is 110 cm³/mol. The number of carbonyl (C=O) groups is 1. The van der Waals surface area contributed by atoms with Gasteiger partial charge in [-0.2, -0.15) is 0 Å². The summed E-state index contributed by atoms with van der Waals surface area (Å²) in [5, 5.41) is 3.24. The molecule has 0 bridgehead atoms. The molecule has 8 nitrogen and oxygen atoms in total. The van der Waals surface area contributed by atoms with Crippen molar-refractivity contribution < 1.29 is 9.21 Å². The molecule has 3 aromatic heterocycles. The first-order valence-corrected chi connectivity index (χ1v) is 9.82. The number of aromatic nitrogens is 4. The Morgan fingerprint density at radius 3 is 2.82 bits per heavy atom. The molecule has 0 spiro atoms. The van der Waals surface area contributed by atoms with E-state index < -0.39 is 6.04 Å². The first-order chi connectivity index (χ1) is 13.4. The van der Waals surface area contributed by atoms with E-state index >= 15 is 0 Å². The lowest BCUT2D eigenvalue weighted by Gasteiger charge is -2.08. The number of amides is 1. The average Bonchev–Trinajstić information content (AvgIpc) is 3.35. The van der Waals surface area contributed by atoms with Gasteiger partial charge in [-0.3, -0.25) is 4.79 Å². The van der Waals surface area contributed by atoms with Gasteiger partial charge in [0.1, 0.15) is 5.76 Å². The molecule has 1 amide bonds. The third-order valence-corrected chi connectivity index (χ3v) is 4.73. The van der Waals surface area contributed by atoms with E-state index in [0.29, 0.717) is 23.4 Å². The topological polar surface area (TPSA) is 112 Å². The van der Waals surface area contributed by atoms with Crippen molar-refractivity contribution in [1.82, 2.24) is 19.5 Å². The Bertz CT molecular complexity index is 955. The van der Waals surface area contributed by atoms with Gasteiger partial charge in [-0.05, 0) is 12.0 Å². The fraction of sp³-hybridized carbons (Fsp3) is 0.368. The van der Waals surface area contributed by atoms with Crippen LogP contribution in [0.1, 0.15) is 36.1 Å². The molecule has 1 atom stereocenters. The maximum absolute atomic E-state index is 12.3. The van der Waals surface area contributed by atoms with Crippen LogP contribution < -0.4 is 11.1 Å². The van der Waals surface area contributed by atoms with Crippen molar-refractivity contribution in [3.8, 4) is 0 Å². The lowest BCUT2D eigenvalue weighted by Crippen LogP contribution is -2.37. The van der Waals surface area contributed by atoms with Crippen LogP contribution in [0.15, 0.2) is 29.3 Å². The average molecular weight is 401 g/mol. The summed E-state index contributed by atoms with van der Waals surface area (Å²) in [7, 11) is 1.87. The monoisotopic (exact) mass is 400 g/mol. The van der Waals surface area contributed by atoms with Crippen LogP contribution in [-0.4, -0.2) is 31.5 Å². The number of carbonyl (C=O) groups excluding carboxylic acids is 1. The van der Waals surface area contributed by atoms with Crippen LogP contribution in [0.5, 0.6) is 0 Å². The minimum Gasteiger partial charge on any atom is -0.442 e. The molecule has 0 aliphatic heterocycles. The zero-order valence-corrected chi connectivity index (χ0v) is 16.9. The molecule has 0 radical (unpaired) electrons. The molecule has 3 N–H and O–H groups in total. The van der Waals surface area contributed by atoms with Gasteiger partial charge < -0.3 is 20.0 Å². The maximum Gasteiger partial charge on any atom is 0.243 e. The minimum absolute atomic E-state index is 0.290. The number of nitrogens with two attached hydrogens (primary N) is 1. The molecule has 3 aromatic rings. The molecule has 0 saturated heterocycles. The molecule has 3 heterocycles. The third-order valence-electron chi connectivity index (χ3n) is 3.85. The van der Waals surface area contributed by atoms with Crippen molar-refractivity contribution in [3.63, 3.8) is 0 Å². The largest absolute Gasteiger partial charge is 0.442 e. The van der Waals surface area contributed by atoms with Gasteiger partial charge in [0.25, 0.3) is 0 Å². The quantitative estimate of drug-likeness (QED) is 0.601. The van der Waals surface area contributed by atoms with E-state index in [0.717, 1.165) is 22.8 Å². The second-order valence-corrected chi connectivity index (χ2v) is 8.06. The summed E-state index contributed by atoms with van der Waals surface area (Å²) in [6, 6.07) is -0.690. The number of hydrogen-bond donors (Lipinski definition) is 2. The first-order valence-electron chi connectivity index (χ1n) is 9.01. The van der Waals surface area contributed by atoms with Crippen molar-refractivity contribution in [2.24, 2.45) is 18.7 Å². The molecule has 0 aliphatic rings. The fourth-order valence-corrected chi connectivity index (χ4v) is 3.28. The molecular formula is C19H24N6O2S. The number of aryl methyl sites for hydroxylation is 1. The minimum atomic E-state index is -0.690. The molecule has 0 aliphatic carbocycles. The van der Waals surface area contributed by atoms with E-state index in [1.807, 2.05) is 23.9 Å². The SMILES string of the molecule is CC(C)Cc1cnc(/C=C/c2cnc(NC(=O)C(N)Cc3cn(C)cn3)s2)o1. The van der Waals surface area contributed by atoms with Crippen molar-refractivity contribution >= 4 is 34.5 Å². The highest BCUT2D eigenvalue weighted by Gasteiger charge is 2.17.